The molecular weight excluding hydrogens is 358 g/mol. The highest BCUT2D eigenvalue weighted by molar-refractivity contribution is 7.89. The summed E-state index contributed by atoms with van der Waals surface area (Å²) < 4.78 is 24.9. The lowest BCUT2D eigenvalue weighted by Gasteiger charge is -2.02. The van der Waals surface area contributed by atoms with Gasteiger partial charge in [0.1, 0.15) is 0 Å². The maximum Gasteiger partial charge on any atom is 0.238 e. The standard InChI is InChI=1S/C21H19N3O2S/c1-2-24-20-6-4-3-5-18(20)19-13-15(7-12-21(19)24)14-23-16-8-10-17(11-9-16)27(22,25)26/h3-14H,2H2,1H3,(H2,22,25,26). The average Bonchev–Trinajstić information content (AvgIpc) is 2.99. The number of nitrogens with two attached hydrogens (primary N) is 1. The molecule has 0 aliphatic rings. The fourth-order valence-electron chi connectivity index (χ4n) is 3.36. The highest BCUT2D eigenvalue weighted by atomic mass is 32.2. The van der Waals surface area contributed by atoms with Gasteiger partial charge in [-0.05, 0) is 55.0 Å². The van der Waals surface area contributed by atoms with Crippen molar-refractivity contribution < 1.29 is 8.42 Å². The van der Waals surface area contributed by atoms with Gasteiger partial charge in [0.15, 0.2) is 0 Å². The van der Waals surface area contributed by atoms with Crippen LogP contribution in [-0.2, 0) is 16.6 Å². The van der Waals surface area contributed by atoms with Gasteiger partial charge in [-0.25, -0.2) is 13.6 Å². The van der Waals surface area contributed by atoms with Crippen LogP contribution in [0.1, 0.15) is 12.5 Å². The summed E-state index contributed by atoms with van der Waals surface area (Å²) in [6.07, 6.45) is 1.78. The second kappa shape index (κ2) is 6.64. The van der Waals surface area contributed by atoms with Gasteiger partial charge in [0.05, 0.1) is 10.6 Å². The Morgan fingerprint density at radius 1 is 0.963 bits per heavy atom. The first-order chi connectivity index (χ1) is 13.0. The van der Waals surface area contributed by atoms with Gasteiger partial charge < -0.3 is 4.57 Å². The molecule has 4 aromatic rings. The largest absolute Gasteiger partial charge is 0.341 e. The van der Waals surface area contributed by atoms with Crippen LogP contribution in [0.15, 0.2) is 76.6 Å². The van der Waals surface area contributed by atoms with E-state index in [4.69, 9.17) is 5.14 Å². The number of nitrogens with zero attached hydrogens (tertiary/aromatic N) is 2. The van der Waals surface area contributed by atoms with Crippen molar-refractivity contribution in [3.05, 3.63) is 72.3 Å². The Kier molecular flexibility index (Phi) is 4.30. The first-order valence-electron chi connectivity index (χ1n) is 8.65. The van der Waals surface area contributed by atoms with Crippen LogP contribution >= 0.6 is 0 Å². The summed E-state index contributed by atoms with van der Waals surface area (Å²) >= 11 is 0. The maximum atomic E-state index is 11.3. The summed E-state index contributed by atoms with van der Waals surface area (Å²) in [4.78, 5) is 4.52. The van der Waals surface area contributed by atoms with E-state index >= 15 is 0 Å². The van der Waals surface area contributed by atoms with Gasteiger partial charge >= 0.3 is 0 Å². The number of primary sulfonamides is 1. The third kappa shape index (κ3) is 3.25. The topological polar surface area (TPSA) is 77.5 Å². The zero-order chi connectivity index (χ0) is 19.0. The molecule has 0 aliphatic heterocycles. The van der Waals surface area contributed by atoms with Gasteiger partial charge in [-0.15, -0.1) is 0 Å². The fraction of sp³-hybridized carbons (Fsp3) is 0.0952. The molecular formula is C21H19N3O2S. The molecule has 0 saturated carbocycles. The van der Waals surface area contributed by atoms with Crippen molar-refractivity contribution in [1.29, 1.82) is 0 Å². The van der Waals surface area contributed by atoms with Crippen molar-refractivity contribution in [2.24, 2.45) is 10.1 Å². The molecule has 2 N–H and O–H groups in total. The molecule has 0 fully saturated rings. The molecule has 0 amide bonds. The monoisotopic (exact) mass is 377 g/mol. The molecule has 5 nitrogen and oxygen atoms in total. The number of para-hydroxylation sites is 1. The minimum atomic E-state index is -3.69. The van der Waals surface area contributed by atoms with Crippen molar-refractivity contribution >= 4 is 43.7 Å². The van der Waals surface area contributed by atoms with Crippen molar-refractivity contribution in [3.63, 3.8) is 0 Å². The minimum Gasteiger partial charge on any atom is -0.341 e. The summed E-state index contributed by atoms with van der Waals surface area (Å²) in [7, 11) is -3.69. The van der Waals surface area contributed by atoms with Crippen molar-refractivity contribution in [2.45, 2.75) is 18.4 Å². The van der Waals surface area contributed by atoms with Gasteiger partial charge in [0, 0.05) is 34.6 Å². The summed E-state index contributed by atoms with van der Waals surface area (Å²) in [6, 6.07) is 20.9. The van der Waals surface area contributed by atoms with Crippen LogP contribution in [0, 0.1) is 0 Å². The first kappa shape index (κ1) is 17.5. The zero-order valence-corrected chi connectivity index (χ0v) is 15.6. The van der Waals surface area contributed by atoms with E-state index in [1.165, 1.54) is 33.9 Å². The quantitative estimate of drug-likeness (QED) is 0.541. The Morgan fingerprint density at radius 2 is 1.67 bits per heavy atom. The van der Waals surface area contributed by atoms with Crippen LogP contribution in [0.25, 0.3) is 21.8 Å². The molecule has 0 unspecified atom stereocenters. The molecule has 0 aliphatic carbocycles. The second-order valence-corrected chi connectivity index (χ2v) is 7.90. The van der Waals surface area contributed by atoms with Crippen molar-refractivity contribution in [2.75, 3.05) is 0 Å². The Balaban J connectivity index is 1.72. The SMILES string of the molecule is CCn1c2ccccc2c2cc(C=Nc3ccc(S(N)(=O)=O)cc3)ccc21. The molecule has 27 heavy (non-hydrogen) atoms. The van der Waals surface area contributed by atoms with Crippen molar-refractivity contribution in [3.8, 4) is 0 Å². The number of rotatable bonds is 4. The highest BCUT2D eigenvalue weighted by Gasteiger charge is 2.09. The maximum absolute atomic E-state index is 11.3. The fourth-order valence-corrected chi connectivity index (χ4v) is 3.88. The molecule has 6 heteroatoms. The number of benzene rings is 3. The lowest BCUT2D eigenvalue weighted by atomic mass is 10.1. The summed E-state index contributed by atoms with van der Waals surface area (Å²) in [6.45, 7) is 3.06. The molecule has 3 aromatic carbocycles. The number of hydrogen-bond acceptors (Lipinski definition) is 3. The number of hydrogen-bond donors (Lipinski definition) is 1. The number of aryl methyl sites for hydroxylation is 1. The van der Waals surface area contributed by atoms with Gasteiger partial charge in [-0.1, -0.05) is 24.3 Å². The first-order valence-corrected chi connectivity index (χ1v) is 10.2. The van der Waals surface area contributed by atoms with Crippen LogP contribution in [0.3, 0.4) is 0 Å². The third-order valence-corrected chi connectivity index (χ3v) is 5.57. The zero-order valence-electron chi connectivity index (χ0n) is 14.8. The third-order valence-electron chi connectivity index (χ3n) is 4.64. The summed E-state index contributed by atoms with van der Waals surface area (Å²) in [5, 5.41) is 7.53. The second-order valence-electron chi connectivity index (χ2n) is 6.34. The van der Waals surface area contributed by atoms with Gasteiger partial charge in [-0.2, -0.15) is 0 Å². The van der Waals surface area contributed by atoms with Gasteiger partial charge in [-0.3, -0.25) is 4.99 Å². The molecule has 0 saturated heterocycles. The molecule has 0 bridgehead atoms. The number of aromatic nitrogens is 1. The Labute approximate surface area is 157 Å². The van der Waals surface area contributed by atoms with E-state index in [2.05, 4.69) is 52.9 Å². The predicted molar refractivity (Wildman–Crippen MR) is 110 cm³/mol. The van der Waals surface area contributed by atoms with E-state index in [0.29, 0.717) is 5.69 Å². The highest BCUT2D eigenvalue weighted by Crippen LogP contribution is 2.29. The smallest absolute Gasteiger partial charge is 0.238 e. The van der Waals surface area contributed by atoms with E-state index in [1.54, 1.807) is 18.3 Å². The van der Waals surface area contributed by atoms with E-state index in [9.17, 15) is 8.42 Å². The minimum absolute atomic E-state index is 0.0789. The molecule has 4 rings (SSSR count). The van der Waals surface area contributed by atoms with E-state index in [1.807, 2.05) is 6.07 Å². The number of fused-ring (bicyclic) bond motifs is 3. The molecule has 1 heterocycles. The van der Waals surface area contributed by atoms with Crippen LogP contribution in [0.2, 0.25) is 0 Å². The van der Waals surface area contributed by atoms with E-state index in [-0.39, 0.29) is 4.90 Å². The molecule has 0 spiro atoms. The number of sulfonamides is 1. The molecule has 1 aromatic heterocycles. The predicted octanol–water partition coefficient (Wildman–Crippen LogP) is 4.21. The number of aliphatic imine (C=N–C) groups is 1. The average molecular weight is 377 g/mol. The summed E-state index contributed by atoms with van der Waals surface area (Å²) in [5.41, 5.74) is 4.08. The van der Waals surface area contributed by atoms with Crippen molar-refractivity contribution in [1.82, 2.24) is 4.57 Å². The van der Waals surface area contributed by atoms with Crippen LogP contribution < -0.4 is 5.14 Å². The summed E-state index contributed by atoms with van der Waals surface area (Å²) in [5.74, 6) is 0. The van der Waals surface area contributed by atoms with Crippen LogP contribution in [-0.4, -0.2) is 19.2 Å². The molecule has 0 radical (unpaired) electrons. The Bertz CT molecular complexity index is 1270. The van der Waals surface area contributed by atoms with Gasteiger partial charge in [0.25, 0.3) is 0 Å². The normalized spacial score (nSPS) is 12.4. The molecule has 0 atom stereocenters. The van der Waals surface area contributed by atoms with Gasteiger partial charge in [0.2, 0.25) is 10.0 Å². The lowest BCUT2D eigenvalue weighted by molar-refractivity contribution is 0.598. The lowest BCUT2D eigenvalue weighted by Crippen LogP contribution is -2.11. The molecule has 136 valence electrons. The Morgan fingerprint density at radius 3 is 2.37 bits per heavy atom. The van der Waals surface area contributed by atoms with E-state index in [0.717, 1.165) is 12.1 Å². The van der Waals surface area contributed by atoms with Crippen LogP contribution in [0.4, 0.5) is 5.69 Å². The Hall–Kier alpha value is -2.96. The van der Waals surface area contributed by atoms with Crippen LogP contribution in [0.5, 0.6) is 0 Å². The van der Waals surface area contributed by atoms with E-state index < -0.39 is 10.0 Å².